The quantitative estimate of drug-likeness (QED) is 0.774. The van der Waals surface area contributed by atoms with E-state index in [-0.39, 0.29) is 37.3 Å². The first-order valence-corrected chi connectivity index (χ1v) is 9.75. The van der Waals surface area contributed by atoms with Crippen LogP contribution in [0, 0.1) is 5.92 Å². The third kappa shape index (κ3) is 5.12. The van der Waals surface area contributed by atoms with E-state index in [9.17, 15) is 14.4 Å². The van der Waals surface area contributed by atoms with E-state index in [0.717, 1.165) is 16.3 Å². The van der Waals surface area contributed by atoms with E-state index in [2.05, 4.69) is 5.32 Å². The Kier molecular flexibility index (Phi) is 6.49. The predicted octanol–water partition coefficient (Wildman–Crippen LogP) is 1.84. The van der Waals surface area contributed by atoms with Crippen molar-refractivity contribution >= 4 is 28.6 Å². The van der Waals surface area contributed by atoms with Gasteiger partial charge in [0.2, 0.25) is 11.8 Å². The van der Waals surface area contributed by atoms with Gasteiger partial charge in [0, 0.05) is 6.54 Å². The van der Waals surface area contributed by atoms with Crippen molar-refractivity contribution in [3.63, 3.8) is 0 Å². The number of benzene rings is 2. The third-order valence-electron chi connectivity index (χ3n) is 5.08. The molecule has 0 radical (unpaired) electrons. The van der Waals surface area contributed by atoms with Crippen LogP contribution in [0.3, 0.4) is 0 Å². The average molecular weight is 398 g/mol. The van der Waals surface area contributed by atoms with Gasteiger partial charge >= 0.3 is 5.97 Å². The first-order valence-electron chi connectivity index (χ1n) is 9.75. The summed E-state index contributed by atoms with van der Waals surface area (Å²) in [6.07, 6.45) is -0.865. The summed E-state index contributed by atoms with van der Waals surface area (Å²) in [6.45, 7) is 4.17. The van der Waals surface area contributed by atoms with Crippen molar-refractivity contribution in [1.82, 2.24) is 10.2 Å². The molecular weight excluding hydrogens is 372 g/mol. The molecule has 3 rings (SSSR count). The molecule has 0 aromatic heterocycles. The number of rotatable bonds is 6. The first-order chi connectivity index (χ1) is 13.8. The SMILES string of the molecule is CC(C)C(NC(=O)Cc1ccc2ccccc2c1)C(=O)N1CCOC(C(=O)O)C1. The number of ether oxygens (including phenoxy) is 1. The highest BCUT2D eigenvalue weighted by molar-refractivity contribution is 5.90. The minimum Gasteiger partial charge on any atom is -0.479 e. The lowest BCUT2D eigenvalue weighted by Crippen LogP contribution is -2.56. The zero-order valence-corrected chi connectivity index (χ0v) is 16.6. The van der Waals surface area contributed by atoms with Gasteiger partial charge in [-0.25, -0.2) is 4.79 Å². The van der Waals surface area contributed by atoms with E-state index < -0.39 is 18.1 Å². The molecule has 1 heterocycles. The largest absolute Gasteiger partial charge is 0.479 e. The van der Waals surface area contributed by atoms with Crippen LogP contribution in [0.15, 0.2) is 42.5 Å². The van der Waals surface area contributed by atoms with Crippen LogP contribution in [0.4, 0.5) is 0 Å². The van der Waals surface area contributed by atoms with Crippen LogP contribution < -0.4 is 5.32 Å². The lowest BCUT2D eigenvalue weighted by molar-refractivity contribution is -0.160. The zero-order valence-electron chi connectivity index (χ0n) is 16.6. The van der Waals surface area contributed by atoms with Crippen molar-refractivity contribution in [2.45, 2.75) is 32.4 Å². The van der Waals surface area contributed by atoms with Crippen LogP contribution in [0.25, 0.3) is 10.8 Å². The van der Waals surface area contributed by atoms with Crippen LogP contribution in [0.1, 0.15) is 19.4 Å². The van der Waals surface area contributed by atoms with E-state index in [1.807, 2.05) is 56.3 Å². The van der Waals surface area contributed by atoms with E-state index in [1.54, 1.807) is 0 Å². The molecule has 2 atom stereocenters. The van der Waals surface area contributed by atoms with Crippen molar-refractivity contribution in [1.29, 1.82) is 0 Å². The smallest absolute Gasteiger partial charge is 0.334 e. The number of nitrogens with one attached hydrogen (secondary N) is 1. The normalized spacial score (nSPS) is 17.9. The molecule has 0 bridgehead atoms. The molecule has 7 heteroatoms. The van der Waals surface area contributed by atoms with E-state index in [1.165, 1.54) is 4.90 Å². The number of hydrogen-bond donors (Lipinski definition) is 2. The highest BCUT2D eigenvalue weighted by atomic mass is 16.5. The van der Waals surface area contributed by atoms with E-state index >= 15 is 0 Å². The Hall–Kier alpha value is -2.93. The summed E-state index contributed by atoms with van der Waals surface area (Å²) in [6, 6.07) is 13.1. The molecule has 0 saturated carbocycles. The summed E-state index contributed by atoms with van der Waals surface area (Å²) >= 11 is 0. The van der Waals surface area contributed by atoms with Crippen molar-refractivity contribution < 1.29 is 24.2 Å². The Morgan fingerprint density at radius 1 is 1.17 bits per heavy atom. The van der Waals surface area contributed by atoms with Gasteiger partial charge in [0.05, 0.1) is 19.6 Å². The summed E-state index contributed by atoms with van der Waals surface area (Å²) in [5.41, 5.74) is 0.869. The molecule has 2 unspecified atom stereocenters. The van der Waals surface area contributed by atoms with Gasteiger partial charge in [0.1, 0.15) is 6.04 Å². The maximum Gasteiger partial charge on any atom is 0.334 e. The number of aliphatic carboxylic acids is 1. The topological polar surface area (TPSA) is 95.9 Å². The number of carbonyl (C=O) groups excluding carboxylic acids is 2. The van der Waals surface area contributed by atoms with Crippen LogP contribution in [0.2, 0.25) is 0 Å². The Morgan fingerprint density at radius 3 is 2.59 bits per heavy atom. The van der Waals surface area contributed by atoms with Crippen LogP contribution >= 0.6 is 0 Å². The van der Waals surface area contributed by atoms with Gasteiger partial charge in [-0.15, -0.1) is 0 Å². The van der Waals surface area contributed by atoms with E-state index in [0.29, 0.717) is 6.54 Å². The molecule has 0 aliphatic carbocycles. The number of hydrogen-bond acceptors (Lipinski definition) is 4. The molecule has 1 fully saturated rings. The molecule has 2 amide bonds. The number of carboxylic acids is 1. The zero-order chi connectivity index (χ0) is 21.0. The monoisotopic (exact) mass is 398 g/mol. The van der Waals surface area contributed by atoms with Gasteiger partial charge in [-0.3, -0.25) is 9.59 Å². The number of carboxylic acid groups (broad SMARTS) is 1. The fourth-order valence-electron chi connectivity index (χ4n) is 3.47. The maximum absolute atomic E-state index is 12.9. The molecule has 0 spiro atoms. The number of morpholine rings is 1. The fraction of sp³-hybridized carbons (Fsp3) is 0.409. The lowest BCUT2D eigenvalue weighted by Gasteiger charge is -2.34. The van der Waals surface area contributed by atoms with Gasteiger partial charge in [-0.05, 0) is 22.3 Å². The Balaban J connectivity index is 1.66. The lowest BCUT2D eigenvalue weighted by atomic mass is 10.0. The summed E-state index contributed by atoms with van der Waals surface area (Å²) in [5, 5.41) is 14.1. The first kappa shape index (κ1) is 20.8. The minimum absolute atomic E-state index is 0.0159. The maximum atomic E-state index is 12.9. The highest BCUT2D eigenvalue weighted by Crippen LogP contribution is 2.17. The molecule has 2 N–H and O–H groups in total. The molecule has 7 nitrogen and oxygen atoms in total. The Morgan fingerprint density at radius 2 is 1.90 bits per heavy atom. The molecule has 2 aromatic carbocycles. The molecule has 154 valence electrons. The summed E-state index contributed by atoms with van der Waals surface area (Å²) in [7, 11) is 0. The fourth-order valence-corrected chi connectivity index (χ4v) is 3.47. The molecule has 1 saturated heterocycles. The molecule has 1 aliphatic heterocycles. The third-order valence-corrected chi connectivity index (χ3v) is 5.08. The van der Waals surface area contributed by atoms with Gasteiger partial charge in [-0.1, -0.05) is 56.3 Å². The number of fused-ring (bicyclic) bond motifs is 1. The molecule has 1 aliphatic rings. The summed E-state index contributed by atoms with van der Waals surface area (Å²) < 4.78 is 5.17. The van der Waals surface area contributed by atoms with Crippen molar-refractivity contribution in [2.24, 2.45) is 5.92 Å². The number of carbonyl (C=O) groups is 3. The Bertz CT molecular complexity index is 911. The second-order valence-electron chi connectivity index (χ2n) is 7.63. The second kappa shape index (κ2) is 9.05. The second-order valence-corrected chi connectivity index (χ2v) is 7.63. The number of amides is 2. The van der Waals surface area contributed by atoms with Crippen LogP contribution in [-0.2, 0) is 25.5 Å². The number of nitrogens with zero attached hydrogens (tertiary/aromatic N) is 1. The van der Waals surface area contributed by atoms with Crippen molar-refractivity contribution in [3.8, 4) is 0 Å². The predicted molar refractivity (Wildman–Crippen MR) is 108 cm³/mol. The average Bonchev–Trinajstić information content (AvgIpc) is 2.71. The summed E-state index contributed by atoms with van der Waals surface area (Å²) in [5.74, 6) is -1.74. The standard InChI is InChI=1S/C22H26N2O5/c1-14(2)20(21(26)24-9-10-29-18(13-24)22(27)28)23-19(25)12-15-7-8-16-5-3-4-6-17(16)11-15/h3-8,11,14,18,20H,9-10,12-13H2,1-2H3,(H,23,25)(H,27,28). The Labute approximate surface area is 169 Å². The van der Waals surface area contributed by atoms with E-state index in [4.69, 9.17) is 9.84 Å². The van der Waals surface area contributed by atoms with Crippen molar-refractivity contribution in [2.75, 3.05) is 19.7 Å². The van der Waals surface area contributed by atoms with Gasteiger partial charge < -0.3 is 20.1 Å². The van der Waals surface area contributed by atoms with Gasteiger partial charge in [0.15, 0.2) is 6.10 Å². The summed E-state index contributed by atoms with van der Waals surface area (Å²) in [4.78, 5) is 38.2. The molecule has 29 heavy (non-hydrogen) atoms. The molecule has 2 aromatic rings. The minimum atomic E-state index is -1.09. The van der Waals surface area contributed by atoms with Gasteiger partial charge in [0.25, 0.3) is 0 Å². The van der Waals surface area contributed by atoms with Crippen LogP contribution in [0.5, 0.6) is 0 Å². The van der Waals surface area contributed by atoms with Gasteiger partial charge in [-0.2, -0.15) is 0 Å². The van der Waals surface area contributed by atoms with Crippen LogP contribution in [-0.4, -0.2) is 59.6 Å². The highest BCUT2D eigenvalue weighted by Gasteiger charge is 2.34. The van der Waals surface area contributed by atoms with Crippen molar-refractivity contribution in [3.05, 3.63) is 48.0 Å². The molecular formula is C22H26N2O5.